The lowest BCUT2D eigenvalue weighted by atomic mass is 9.85. The van der Waals surface area contributed by atoms with Gasteiger partial charge in [0.05, 0.1) is 11.0 Å². The quantitative estimate of drug-likeness (QED) is 0.814. The Balaban J connectivity index is 1.88. The molecule has 1 fully saturated rings. The fourth-order valence-corrected chi connectivity index (χ4v) is 3.45. The molecule has 1 aromatic heterocycles. The van der Waals surface area contributed by atoms with Gasteiger partial charge in [-0.25, -0.2) is 4.79 Å². The number of rotatable bonds is 3. The van der Waals surface area contributed by atoms with E-state index in [9.17, 15) is 9.59 Å². The maximum absolute atomic E-state index is 12.5. The molecule has 1 aliphatic carbocycles. The molecule has 3 rings (SSSR count). The van der Waals surface area contributed by atoms with Crippen LogP contribution in [0.3, 0.4) is 0 Å². The number of aryl methyl sites for hydroxylation is 2. The molecule has 0 N–H and O–H groups in total. The molecule has 4 nitrogen and oxygen atoms in total. The molecule has 0 amide bonds. The zero-order chi connectivity index (χ0) is 15.0. The van der Waals surface area contributed by atoms with Gasteiger partial charge in [0.25, 0.3) is 0 Å². The Labute approximate surface area is 124 Å². The minimum atomic E-state index is -0.0538. The average molecular weight is 286 g/mol. The van der Waals surface area contributed by atoms with Crippen LogP contribution in [0.15, 0.2) is 23.0 Å². The number of ketones is 1. The normalized spacial score (nSPS) is 16.5. The third kappa shape index (κ3) is 2.55. The van der Waals surface area contributed by atoms with Gasteiger partial charge in [-0.1, -0.05) is 32.1 Å². The van der Waals surface area contributed by atoms with E-state index in [-0.39, 0.29) is 11.5 Å². The summed E-state index contributed by atoms with van der Waals surface area (Å²) in [7, 11) is 3.51. The van der Waals surface area contributed by atoms with Crippen LogP contribution in [0.5, 0.6) is 0 Å². The first kappa shape index (κ1) is 14.1. The molecule has 0 bridgehead atoms. The van der Waals surface area contributed by atoms with E-state index in [4.69, 9.17) is 0 Å². The lowest BCUT2D eigenvalue weighted by molar-refractivity contribution is 0.0950. The van der Waals surface area contributed by atoms with E-state index >= 15 is 0 Å². The molecular formula is C17H22N2O2. The van der Waals surface area contributed by atoms with Gasteiger partial charge in [-0.2, -0.15) is 0 Å². The first-order valence-electron chi connectivity index (χ1n) is 7.76. The molecule has 1 aliphatic rings. The Morgan fingerprint density at radius 3 is 2.48 bits per heavy atom. The highest BCUT2D eigenvalue weighted by molar-refractivity contribution is 5.99. The molecule has 21 heavy (non-hydrogen) atoms. The summed E-state index contributed by atoms with van der Waals surface area (Å²) in [5.74, 6) is 0.752. The Kier molecular flexibility index (Phi) is 3.70. The van der Waals surface area contributed by atoms with Crippen molar-refractivity contribution in [1.29, 1.82) is 0 Å². The van der Waals surface area contributed by atoms with Crippen LogP contribution >= 0.6 is 0 Å². The van der Waals surface area contributed by atoms with E-state index in [1.807, 2.05) is 18.2 Å². The van der Waals surface area contributed by atoms with Gasteiger partial charge in [0.2, 0.25) is 0 Å². The van der Waals surface area contributed by atoms with Crippen LogP contribution in [0.2, 0.25) is 0 Å². The van der Waals surface area contributed by atoms with E-state index in [1.165, 1.54) is 32.1 Å². The standard InChI is InChI=1S/C17H22N2O2/c1-18-14-9-8-13(11-15(14)19(2)17(18)21)16(20)10-12-6-4-3-5-7-12/h8-9,11-12H,3-7,10H2,1-2H3. The molecule has 112 valence electrons. The van der Waals surface area contributed by atoms with Crippen molar-refractivity contribution in [3.63, 3.8) is 0 Å². The third-order valence-electron chi connectivity index (χ3n) is 4.79. The molecule has 2 aromatic rings. The summed E-state index contributed by atoms with van der Waals surface area (Å²) in [5, 5.41) is 0. The van der Waals surface area contributed by atoms with Gasteiger partial charge < -0.3 is 0 Å². The monoisotopic (exact) mass is 286 g/mol. The zero-order valence-corrected chi connectivity index (χ0v) is 12.8. The van der Waals surface area contributed by atoms with Crippen LogP contribution in [0.1, 0.15) is 48.9 Å². The molecular weight excluding hydrogens is 264 g/mol. The van der Waals surface area contributed by atoms with Crippen LogP contribution in [0, 0.1) is 5.92 Å². The van der Waals surface area contributed by atoms with Crippen LogP contribution in [-0.4, -0.2) is 14.9 Å². The number of aromatic nitrogens is 2. The summed E-state index contributed by atoms with van der Waals surface area (Å²) in [6.45, 7) is 0. The van der Waals surface area contributed by atoms with E-state index in [2.05, 4.69) is 0 Å². The number of benzene rings is 1. The lowest BCUT2D eigenvalue weighted by Crippen LogP contribution is -2.19. The van der Waals surface area contributed by atoms with Crippen molar-refractivity contribution in [2.45, 2.75) is 38.5 Å². The van der Waals surface area contributed by atoms with Crippen molar-refractivity contribution in [3.05, 3.63) is 34.2 Å². The van der Waals surface area contributed by atoms with Crippen molar-refractivity contribution in [3.8, 4) is 0 Å². The Hall–Kier alpha value is -1.84. The van der Waals surface area contributed by atoms with Crippen molar-refractivity contribution >= 4 is 16.8 Å². The van der Waals surface area contributed by atoms with Gasteiger partial charge in [0.15, 0.2) is 5.78 Å². The number of imidazole rings is 1. The van der Waals surface area contributed by atoms with Gasteiger partial charge >= 0.3 is 5.69 Å². The van der Waals surface area contributed by atoms with Crippen LogP contribution in [0.25, 0.3) is 11.0 Å². The number of Topliss-reactive ketones (excluding diaryl/α,β-unsaturated/α-hetero) is 1. The predicted molar refractivity (Wildman–Crippen MR) is 83.7 cm³/mol. The summed E-state index contributed by atoms with van der Waals surface area (Å²) in [6.07, 6.45) is 6.82. The van der Waals surface area contributed by atoms with Gasteiger partial charge in [-0.05, 0) is 24.1 Å². The zero-order valence-electron chi connectivity index (χ0n) is 12.8. The molecule has 0 aliphatic heterocycles. The largest absolute Gasteiger partial charge is 0.328 e. The second-order valence-corrected chi connectivity index (χ2v) is 6.24. The summed E-state index contributed by atoms with van der Waals surface area (Å²) in [6, 6.07) is 5.60. The minimum Gasteiger partial charge on any atom is -0.295 e. The Morgan fingerprint density at radius 2 is 1.76 bits per heavy atom. The SMILES string of the molecule is Cn1c(=O)n(C)c2cc(C(=O)CC3CCCCC3)ccc21. The number of fused-ring (bicyclic) bond motifs is 1. The molecule has 0 spiro atoms. The van der Waals surface area contributed by atoms with E-state index in [0.29, 0.717) is 12.3 Å². The maximum Gasteiger partial charge on any atom is 0.328 e. The van der Waals surface area contributed by atoms with E-state index in [1.54, 1.807) is 23.2 Å². The van der Waals surface area contributed by atoms with Gasteiger partial charge in [0, 0.05) is 26.1 Å². The smallest absolute Gasteiger partial charge is 0.295 e. The fourth-order valence-electron chi connectivity index (χ4n) is 3.45. The van der Waals surface area contributed by atoms with Crippen molar-refractivity contribution in [2.75, 3.05) is 0 Å². The molecule has 1 aromatic carbocycles. The predicted octanol–water partition coefficient (Wildman–Crippen LogP) is 3.03. The van der Waals surface area contributed by atoms with Gasteiger partial charge in [-0.3, -0.25) is 13.9 Å². The number of carbonyl (C=O) groups is 1. The maximum atomic E-state index is 12.5. The minimum absolute atomic E-state index is 0.0538. The summed E-state index contributed by atoms with van der Waals surface area (Å²) < 4.78 is 3.22. The summed E-state index contributed by atoms with van der Waals surface area (Å²) >= 11 is 0. The van der Waals surface area contributed by atoms with Crippen molar-refractivity contribution in [1.82, 2.24) is 9.13 Å². The van der Waals surface area contributed by atoms with Crippen LogP contribution in [-0.2, 0) is 14.1 Å². The highest BCUT2D eigenvalue weighted by Crippen LogP contribution is 2.28. The van der Waals surface area contributed by atoms with Crippen molar-refractivity contribution in [2.24, 2.45) is 20.0 Å². The van der Waals surface area contributed by atoms with Crippen molar-refractivity contribution < 1.29 is 4.79 Å². The van der Waals surface area contributed by atoms with Crippen LogP contribution in [0.4, 0.5) is 0 Å². The topological polar surface area (TPSA) is 44.0 Å². The molecule has 0 saturated heterocycles. The average Bonchev–Trinajstić information content (AvgIpc) is 2.73. The molecule has 4 heteroatoms. The Morgan fingerprint density at radius 1 is 1.10 bits per heavy atom. The van der Waals surface area contributed by atoms with Gasteiger partial charge in [-0.15, -0.1) is 0 Å². The first-order valence-corrected chi connectivity index (χ1v) is 7.76. The Bertz CT molecular complexity index is 733. The second-order valence-electron chi connectivity index (χ2n) is 6.24. The fraction of sp³-hybridized carbons (Fsp3) is 0.529. The number of nitrogens with zero attached hydrogens (tertiary/aromatic N) is 2. The molecule has 0 unspecified atom stereocenters. The van der Waals surface area contributed by atoms with E-state index < -0.39 is 0 Å². The van der Waals surface area contributed by atoms with Gasteiger partial charge in [0.1, 0.15) is 0 Å². The third-order valence-corrected chi connectivity index (χ3v) is 4.79. The second kappa shape index (κ2) is 5.51. The molecule has 1 saturated carbocycles. The lowest BCUT2D eigenvalue weighted by Gasteiger charge is -2.20. The highest BCUT2D eigenvalue weighted by atomic mass is 16.1. The number of hydrogen-bond donors (Lipinski definition) is 0. The molecule has 0 radical (unpaired) electrons. The van der Waals surface area contributed by atoms with Crippen LogP contribution < -0.4 is 5.69 Å². The molecule has 0 atom stereocenters. The summed E-state index contributed by atoms with van der Waals surface area (Å²) in [5.41, 5.74) is 2.38. The van der Waals surface area contributed by atoms with E-state index in [0.717, 1.165) is 16.6 Å². The number of hydrogen-bond acceptors (Lipinski definition) is 2. The molecule has 1 heterocycles. The number of carbonyl (C=O) groups excluding carboxylic acids is 1. The highest BCUT2D eigenvalue weighted by Gasteiger charge is 2.19. The first-order chi connectivity index (χ1) is 10.1. The summed E-state index contributed by atoms with van der Waals surface area (Å²) in [4.78, 5) is 24.4.